The van der Waals surface area contributed by atoms with Crippen molar-refractivity contribution in [2.75, 3.05) is 12.4 Å². The quantitative estimate of drug-likeness (QED) is 0.599. The molecule has 7 heteroatoms. The molecule has 1 aliphatic rings. The molecule has 14 heavy (non-hydrogen) atoms. The lowest BCUT2D eigenvalue weighted by Crippen LogP contribution is -2.31. The molecule has 1 aromatic rings. The topological polar surface area (TPSA) is 85.1 Å². The number of aromatic nitrogens is 2. The third-order valence-electron chi connectivity index (χ3n) is 2.14. The van der Waals surface area contributed by atoms with E-state index in [2.05, 4.69) is 5.32 Å². The van der Waals surface area contributed by atoms with Crippen molar-refractivity contribution in [1.82, 2.24) is 14.5 Å². The van der Waals surface area contributed by atoms with E-state index in [-0.39, 0.29) is 5.69 Å². The number of hydrogen-bond donors (Lipinski definition) is 2. The van der Waals surface area contributed by atoms with Crippen LogP contribution in [-0.4, -0.2) is 28.1 Å². The van der Waals surface area contributed by atoms with Crippen molar-refractivity contribution < 1.29 is 9.59 Å². The highest BCUT2D eigenvalue weighted by atomic mass is 16.2. The van der Waals surface area contributed by atoms with Crippen LogP contribution in [0.25, 0.3) is 0 Å². The number of nitrogens with one attached hydrogen (secondary N) is 2. The largest absolute Gasteiger partial charge is 0.373 e. The van der Waals surface area contributed by atoms with E-state index in [0.717, 1.165) is 4.57 Å². The maximum atomic E-state index is 11.5. The Balaban J connectivity index is 2.86. The lowest BCUT2D eigenvalue weighted by molar-refractivity contribution is 0.0977. The maximum Gasteiger partial charge on any atom is 0.338 e. The number of imidazole rings is 1. The molecule has 2 amide bonds. The molecule has 74 valence electrons. The summed E-state index contributed by atoms with van der Waals surface area (Å²) in [6.07, 6.45) is 0. The molecule has 0 spiro atoms. The number of amides is 2. The number of anilines is 1. The van der Waals surface area contributed by atoms with Gasteiger partial charge >= 0.3 is 11.7 Å². The Labute approximate surface area is 78.3 Å². The van der Waals surface area contributed by atoms with Crippen LogP contribution in [0, 0.1) is 0 Å². The smallest absolute Gasteiger partial charge is 0.338 e. The predicted molar refractivity (Wildman–Crippen MR) is 47.5 cm³/mol. The van der Waals surface area contributed by atoms with Gasteiger partial charge in [0.05, 0.1) is 0 Å². The zero-order valence-electron chi connectivity index (χ0n) is 7.62. The first-order valence-corrected chi connectivity index (χ1v) is 3.93. The third-order valence-corrected chi connectivity index (χ3v) is 2.14. The van der Waals surface area contributed by atoms with Crippen LogP contribution in [0.3, 0.4) is 0 Å². The molecule has 2 N–H and O–H groups in total. The number of rotatable bonds is 1. The first kappa shape index (κ1) is 8.54. The van der Waals surface area contributed by atoms with Gasteiger partial charge in [0.1, 0.15) is 5.82 Å². The molecule has 0 aliphatic carbocycles. The van der Waals surface area contributed by atoms with Crippen LogP contribution < -0.4 is 16.3 Å². The lowest BCUT2D eigenvalue weighted by atomic mass is 10.4. The molecule has 2 heterocycles. The minimum absolute atomic E-state index is 0.0602. The highest BCUT2D eigenvalue weighted by molar-refractivity contribution is 6.13. The van der Waals surface area contributed by atoms with Gasteiger partial charge in [0, 0.05) is 14.1 Å². The summed E-state index contributed by atoms with van der Waals surface area (Å²) in [4.78, 5) is 33.9. The standard InChI is InChI=1S/C7H8N4O3/c1-8-4-3-5(12)9-6(13)11(3)7(14)10(4)2/h8H,1-2H3,(H,9,12,13). The zero-order valence-corrected chi connectivity index (χ0v) is 7.62. The van der Waals surface area contributed by atoms with Gasteiger partial charge in [-0.2, -0.15) is 0 Å². The monoisotopic (exact) mass is 196 g/mol. The van der Waals surface area contributed by atoms with Crippen molar-refractivity contribution in [3.05, 3.63) is 16.2 Å². The summed E-state index contributed by atoms with van der Waals surface area (Å²) in [6, 6.07) is -0.702. The number of imide groups is 1. The van der Waals surface area contributed by atoms with Crippen LogP contribution in [0.1, 0.15) is 10.5 Å². The van der Waals surface area contributed by atoms with E-state index in [1.165, 1.54) is 11.6 Å². The van der Waals surface area contributed by atoms with Crippen molar-refractivity contribution in [2.45, 2.75) is 0 Å². The van der Waals surface area contributed by atoms with E-state index < -0.39 is 17.6 Å². The Hall–Kier alpha value is -2.05. The summed E-state index contributed by atoms with van der Waals surface area (Å²) in [7, 11) is 3.06. The number of hydrogen-bond acceptors (Lipinski definition) is 4. The molecule has 7 nitrogen and oxygen atoms in total. The van der Waals surface area contributed by atoms with E-state index in [1.54, 1.807) is 7.05 Å². The van der Waals surface area contributed by atoms with E-state index in [4.69, 9.17) is 0 Å². The molecule has 0 bridgehead atoms. The number of fused-ring (bicyclic) bond motifs is 1. The Morgan fingerprint density at radius 2 is 1.93 bits per heavy atom. The lowest BCUT2D eigenvalue weighted by Gasteiger charge is -2.00. The summed E-state index contributed by atoms with van der Waals surface area (Å²) >= 11 is 0. The number of carbonyl (C=O) groups excluding carboxylic acids is 2. The Morgan fingerprint density at radius 1 is 1.29 bits per heavy atom. The van der Waals surface area contributed by atoms with E-state index in [0.29, 0.717) is 5.82 Å². The summed E-state index contributed by atoms with van der Waals surface area (Å²) in [6.45, 7) is 0. The SMILES string of the molecule is CNc1c2n(c(=O)n1C)C(=O)NC2=O. The predicted octanol–water partition coefficient (Wildman–Crippen LogP) is -1.06. The molecular formula is C7H8N4O3. The fraction of sp³-hybridized carbons (Fsp3) is 0.286. The van der Waals surface area contributed by atoms with Gasteiger partial charge in [0.15, 0.2) is 5.69 Å². The molecule has 2 rings (SSSR count). The molecule has 0 unspecified atom stereocenters. The van der Waals surface area contributed by atoms with Crippen LogP contribution in [0.2, 0.25) is 0 Å². The second-order valence-electron chi connectivity index (χ2n) is 2.88. The molecule has 0 saturated heterocycles. The van der Waals surface area contributed by atoms with Crippen molar-refractivity contribution in [3.63, 3.8) is 0 Å². The van der Waals surface area contributed by atoms with Gasteiger partial charge in [0.2, 0.25) is 0 Å². The summed E-state index contributed by atoms with van der Waals surface area (Å²) in [5, 5.41) is 4.73. The average molecular weight is 196 g/mol. The van der Waals surface area contributed by atoms with Gasteiger partial charge in [-0.15, -0.1) is 0 Å². The minimum atomic E-state index is -0.702. The molecule has 0 saturated carbocycles. The molecule has 0 fully saturated rings. The molecule has 0 radical (unpaired) electrons. The first-order valence-electron chi connectivity index (χ1n) is 3.93. The van der Waals surface area contributed by atoms with Gasteiger partial charge in [0.25, 0.3) is 5.91 Å². The van der Waals surface area contributed by atoms with Gasteiger partial charge in [-0.3, -0.25) is 14.7 Å². The van der Waals surface area contributed by atoms with Crippen molar-refractivity contribution in [1.29, 1.82) is 0 Å². The molecule has 0 aromatic carbocycles. The van der Waals surface area contributed by atoms with Gasteiger partial charge < -0.3 is 5.32 Å². The van der Waals surface area contributed by atoms with Gasteiger partial charge in [-0.05, 0) is 0 Å². The Bertz CT molecular complexity index is 496. The summed E-state index contributed by atoms with van der Waals surface area (Å²) in [5.41, 5.74) is -0.474. The van der Waals surface area contributed by atoms with Gasteiger partial charge in [-0.25, -0.2) is 14.2 Å². The fourth-order valence-corrected chi connectivity index (χ4v) is 1.50. The molecule has 0 atom stereocenters. The second kappa shape index (κ2) is 2.47. The summed E-state index contributed by atoms with van der Waals surface area (Å²) < 4.78 is 2.03. The van der Waals surface area contributed by atoms with E-state index >= 15 is 0 Å². The zero-order chi connectivity index (χ0) is 10.5. The van der Waals surface area contributed by atoms with E-state index in [1.807, 2.05) is 5.32 Å². The van der Waals surface area contributed by atoms with Crippen LogP contribution >= 0.6 is 0 Å². The molecule has 1 aromatic heterocycles. The average Bonchev–Trinajstić information content (AvgIpc) is 2.55. The van der Waals surface area contributed by atoms with Crippen LogP contribution in [0.5, 0.6) is 0 Å². The maximum absolute atomic E-state index is 11.5. The van der Waals surface area contributed by atoms with Crippen molar-refractivity contribution >= 4 is 17.8 Å². The Morgan fingerprint density at radius 3 is 2.50 bits per heavy atom. The summed E-state index contributed by atoms with van der Waals surface area (Å²) in [5.74, 6) is -0.226. The van der Waals surface area contributed by atoms with Crippen LogP contribution in [0.15, 0.2) is 4.79 Å². The van der Waals surface area contributed by atoms with E-state index in [9.17, 15) is 14.4 Å². The minimum Gasteiger partial charge on any atom is -0.373 e. The van der Waals surface area contributed by atoms with Gasteiger partial charge in [-0.1, -0.05) is 0 Å². The van der Waals surface area contributed by atoms with Crippen LogP contribution in [0.4, 0.5) is 10.6 Å². The Kier molecular flexibility index (Phi) is 1.51. The first-order chi connectivity index (χ1) is 6.57. The highest BCUT2D eigenvalue weighted by Gasteiger charge is 2.34. The molecule has 1 aliphatic heterocycles. The highest BCUT2D eigenvalue weighted by Crippen LogP contribution is 2.15. The number of nitrogens with zero attached hydrogens (tertiary/aromatic N) is 2. The molecular weight excluding hydrogens is 188 g/mol. The fourth-order valence-electron chi connectivity index (χ4n) is 1.50. The van der Waals surface area contributed by atoms with Crippen molar-refractivity contribution in [2.24, 2.45) is 7.05 Å². The normalized spacial score (nSPS) is 14.1. The number of carbonyl (C=O) groups is 2. The second-order valence-corrected chi connectivity index (χ2v) is 2.88. The van der Waals surface area contributed by atoms with Crippen LogP contribution in [-0.2, 0) is 7.05 Å². The third kappa shape index (κ3) is 0.781. The van der Waals surface area contributed by atoms with Crippen molar-refractivity contribution in [3.8, 4) is 0 Å².